The summed E-state index contributed by atoms with van der Waals surface area (Å²) in [5, 5.41) is 2.44. The molecule has 0 bridgehead atoms. The van der Waals surface area contributed by atoms with E-state index in [-0.39, 0.29) is 0 Å². The van der Waals surface area contributed by atoms with Gasteiger partial charge < -0.3 is 4.42 Å². The van der Waals surface area contributed by atoms with E-state index < -0.39 is 0 Å². The smallest absolute Gasteiger partial charge is 0.193 e. The van der Waals surface area contributed by atoms with Crippen LogP contribution >= 0.6 is 34.5 Å². The number of furan rings is 1. The van der Waals surface area contributed by atoms with Crippen LogP contribution in [0.1, 0.15) is 12.8 Å². The molecule has 0 aliphatic carbocycles. The van der Waals surface area contributed by atoms with Crippen LogP contribution < -0.4 is 0 Å². The first-order valence-electron chi connectivity index (χ1n) is 5.87. The van der Waals surface area contributed by atoms with Gasteiger partial charge in [-0.3, -0.25) is 4.90 Å². The fourth-order valence-corrected chi connectivity index (χ4v) is 2.84. The summed E-state index contributed by atoms with van der Waals surface area (Å²) in [6.07, 6.45) is 2.68. The van der Waals surface area contributed by atoms with Crippen molar-refractivity contribution in [2.75, 3.05) is 19.1 Å². The summed E-state index contributed by atoms with van der Waals surface area (Å²) < 4.78 is 5.20. The number of hydrogen-bond donors (Lipinski definition) is 0. The van der Waals surface area contributed by atoms with Crippen LogP contribution in [0.25, 0.3) is 10.6 Å². The molecule has 0 saturated carbocycles. The maximum atomic E-state index is 5.62. The minimum atomic E-state index is 0.438. The Hall–Kier alpha value is -0.480. The predicted molar refractivity (Wildman–Crippen MR) is 78.6 cm³/mol. The minimum Gasteiger partial charge on any atom is -0.444 e. The summed E-state index contributed by atoms with van der Waals surface area (Å²) in [7, 11) is 0. The number of thiophene rings is 1. The van der Waals surface area contributed by atoms with E-state index >= 15 is 0 Å². The third kappa shape index (κ3) is 4.02. The zero-order valence-corrected chi connectivity index (χ0v) is 12.3. The van der Waals surface area contributed by atoms with E-state index in [1.807, 2.05) is 23.6 Å². The maximum Gasteiger partial charge on any atom is 0.193 e. The van der Waals surface area contributed by atoms with Crippen LogP contribution in [0.15, 0.2) is 34.1 Å². The van der Waals surface area contributed by atoms with E-state index in [0.29, 0.717) is 5.22 Å². The lowest BCUT2D eigenvalue weighted by molar-refractivity contribution is 0.397. The van der Waals surface area contributed by atoms with Crippen molar-refractivity contribution in [3.8, 4) is 10.6 Å². The Morgan fingerprint density at radius 2 is 2.00 bits per heavy atom. The number of hydrogen-bond acceptors (Lipinski definition) is 3. The molecule has 1 saturated heterocycles. The van der Waals surface area contributed by atoms with Gasteiger partial charge in [-0.25, -0.2) is 0 Å². The highest BCUT2D eigenvalue weighted by atomic mass is 35.5. The molecule has 1 aliphatic heterocycles. The first kappa shape index (κ1) is 13.9. The van der Waals surface area contributed by atoms with E-state index in [9.17, 15) is 0 Å². The molecular weight excluding hydrogens is 289 g/mol. The lowest BCUT2D eigenvalue weighted by Crippen LogP contribution is -2.15. The van der Waals surface area contributed by atoms with Crippen molar-refractivity contribution in [2.45, 2.75) is 12.8 Å². The fourth-order valence-electron chi connectivity index (χ4n) is 1.77. The van der Waals surface area contributed by atoms with Gasteiger partial charge in [-0.15, -0.1) is 22.9 Å². The van der Waals surface area contributed by atoms with Crippen molar-refractivity contribution >= 4 is 34.5 Å². The number of likely N-dealkylation sites (tertiary alicyclic amines) is 1. The summed E-state index contributed by atoms with van der Waals surface area (Å²) >= 11 is 12.8. The molecule has 0 atom stereocenters. The Balaban J connectivity index is 0.000000149. The Bertz CT molecular complexity index is 449. The third-order valence-corrected chi connectivity index (χ3v) is 4.13. The highest BCUT2D eigenvalue weighted by Crippen LogP contribution is 2.27. The van der Waals surface area contributed by atoms with Gasteiger partial charge in [0.25, 0.3) is 0 Å². The molecular formula is C13H15Cl2NOS. The summed E-state index contributed by atoms with van der Waals surface area (Å²) in [5.74, 6) is 0.838. The second-order valence-corrected chi connectivity index (χ2v) is 5.58. The zero-order valence-electron chi connectivity index (χ0n) is 9.94. The molecule has 0 radical (unpaired) electrons. The van der Waals surface area contributed by atoms with Crippen molar-refractivity contribution in [1.29, 1.82) is 0 Å². The summed E-state index contributed by atoms with van der Waals surface area (Å²) in [4.78, 5) is 3.36. The van der Waals surface area contributed by atoms with Crippen LogP contribution in [0, 0.1) is 0 Å². The van der Waals surface area contributed by atoms with Crippen LogP contribution in [-0.4, -0.2) is 24.0 Å². The second-order valence-electron chi connectivity index (χ2n) is 4.03. The largest absolute Gasteiger partial charge is 0.444 e. The Morgan fingerprint density at radius 1 is 1.22 bits per heavy atom. The molecule has 3 rings (SSSR count). The predicted octanol–water partition coefficient (Wildman–Crippen LogP) is 4.94. The van der Waals surface area contributed by atoms with Gasteiger partial charge in [-0.2, -0.15) is 0 Å². The number of halogens is 2. The van der Waals surface area contributed by atoms with E-state index in [4.69, 9.17) is 27.6 Å². The third-order valence-electron chi connectivity index (χ3n) is 2.70. The summed E-state index contributed by atoms with van der Waals surface area (Å²) in [6.45, 7) is 2.42. The van der Waals surface area contributed by atoms with Crippen LogP contribution in [0.5, 0.6) is 0 Å². The van der Waals surface area contributed by atoms with Crippen molar-refractivity contribution in [2.24, 2.45) is 0 Å². The second kappa shape index (κ2) is 7.19. The molecule has 18 heavy (non-hydrogen) atoms. The summed E-state index contributed by atoms with van der Waals surface area (Å²) in [5.41, 5.74) is 0. The number of rotatable bonds is 2. The number of nitrogens with zero attached hydrogens (tertiary/aromatic N) is 1. The molecule has 2 nitrogen and oxygen atoms in total. The molecule has 0 N–H and O–H groups in total. The molecule has 98 valence electrons. The SMILES string of the molecule is ClCN1CCCC1.Clc1ccc(-c2cccs2)o1. The van der Waals surface area contributed by atoms with Gasteiger partial charge in [0.15, 0.2) is 5.22 Å². The zero-order chi connectivity index (χ0) is 12.8. The van der Waals surface area contributed by atoms with Gasteiger partial charge in [-0.1, -0.05) is 6.07 Å². The van der Waals surface area contributed by atoms with Crippen LogP contribution in [0.2, 0.25) is 5.22 Å². The molecule has 1 aliphatic rings. The van der Waals surface area contributed by atoms with E-state index in [2.05, 4.69) is 4.90 Å². The normalized spacial score (nSPS) is 15.4. The van der Waals surface area contributed by atoms with Gasteiger partial charge in [0, 0.05) is 0 Å². The molecule has 2 aromatic rings. The minimum absolute atomic E-state index is 0.438. The van der Waals surface area contributed by atoms with Crippen LogP contribution in [0.4, 0.5) is 0 Å². The first-order valence-corrected chi connectivity index (χ1v) is 7.66. The highest BCUT2D eigenvalue weighted by molar-refractivity contribution is 7.13. The molecule has 0 aromatic carbocycles. The quantitative estimate of drug-likeness (QED) is 0.577. The molecule has 0 amide bonds. The van der Waals surface area contributed by atoms with Gasteiger partial charge in [0.2, 0.25) is 0 Å². The average molecular weight is 304 g/mol. The standard InChI is InChI=1S/C8H5ClOS.C5H10ClN/c9-8-4-3-6(10-8)7-2-1-5-11-7;6-5-7-3-1-2-4-7/h1-5H;1-5H2. The number of alkyl halides is 1. The molecule has 1 fully saturated rings. The van der Waals surface area contributed by atoms with Gasteiger partial charge in [0.05, 0.1) is 10.9 Å². The molecule has 0 unspecified atom stereocenters. The van der Waals surface area contributed by atoms with Crippen molar-refractivity contribution in [3.63, 3.8) is 0 Å². The van der Waals surface area contributed by atoms with Crippen molar-refractivity contribution in [1.82, 2.24) is 4.90 Å². The van der Waals surface area contributed by atoms with E-state index in [0.717, 1.165) is 16.6 Å². The average Bonchev–Trinajstić information content (AvgIpc) is 3.12. The van der Waals surface area contributed by atoms with Crippen LogP contribution in [-0.2, 0) is 0 Å². The monoisotopic (exact) mass is 303 g/mol. The summed E-state index contributed by atoms with van der Waals surface area (Å²) in [6, 6.07) is 8.32. The fraction of sp³-hybridized carbons (Fsp3) is 0.385. The Labute approximate surface area is 121 Å². The van der Waals surface area contributed by atoms with E-state index in [1.165, 1.54) is 25.9 Å². The maximum absolute atomic E-state index is 5.62. The van der Waals surface area contributed by atoms with Crippen molar-refractivity contribution < 1.29 is 4.42 Å². The lowest BCUT2D eigenvalue weighted by Gasteiger charge is -2.06. The Kier molecular flexibility index (Phi) is 5.57. The first-order chi connectivity index (χ1) is 8.79. The molecule has 2 aromatic heterocycles. The Morgan fingerprint density at radius 3 is 2.44 bits per heavy atom. The molecule has 3 heterocycles. The topological polar surface area (TPSA) is 16.4 Å². The van der Waals surface area contributed by atoms with Gasteiger partial charge in [0.1, 0.15) is 5.76 Å². The molecule has 0 spiro atoms. The van der Waals surface area contributed by atoms with Crippen molar-refractivity contribution in [3.05, 3.63) is 34.9 Å². The lowest BCUT2D eigenvalue weighted by atomic mass is 10.4. The van der Waals surface area contributed by atoms with Gasteiger partial charge >= 0.3 is 0 Å². The highest BCUT2D eigenvalue weighted by Gasteiger charge is 2.07. The molecule has 5 heteroatoms. The van der Waals surface area contributed by atoms with Crippen LogP contribution in [0.3, 0.4) is 0 Å². The van der Waals surface area contributed by atoms with E-state index in [1.54, 1.807) is 17.4 Å². The van der Waals surface area contributed by atoms with Gasteiger partial charge in [-0.05, 0) is 61.1 Å².